The van der Waals surface area contributed by atoms with Gasteiger partial charge >= 0.3 is 12.0 Å². The summed E-state index contributed by atoms with van der Waals surface area (Å²) in [6.45, 7) is 7.51. The number of urea groups is 1. The number of fused-ring (bicyclic) bond motifs is 1. The average molecular weight is 712 g/mol. The maximum Gasteiger partial charge on any atom is 0.330 e. The monoisotopic (exact) mass is 711 g/mol. The molecule has 12 heteroatoms. The quantitative estimate of drug-likeness (QED) is 0.212. The van der Waals surface area contributed by atoms with Crippen LogP contribution in [0.2, 0.25) is 0 Å². The highest BCUT2D eigenvalue weighted by atomic mass is 16.5. The Labute approximate surface area is 304 Å². The summed E-state index contributed by atoms with van der Waals surface area (Å²) in [4.78, 5) is 62.3. The standard InChI is InChI=1S/C40H49N5O7/c1-6-26-22-40(26,38(48)49)43-36(46)33-20-29(23-45(33)39(50)42-35(24(2)3)37(47)44(4)27-15-11-8-12-16-27)52-34-21-31(25-13-9-7-10-14-25)41-32-19-28(51-5)17-18-30(32)34/h6-7,9-10,13-14,17-19,21,24,26-27,29,33,35H,1,8,11-12,15-16,20,22-23H2,2-5H3,(H,42,50)(H,43,46)(H,48,49)/t26-,29-,33+,35?,40-/m1/s1. The van der Waals surface area contributed by atoms with E-state index in [0.717, 1.165) is 43.1 Å². The number of nitrogens with zero attached hydrogens (tertiary/aromatic N) is 3. The van der Waals surface area contributed by atoms with Gasteiger partial charge in [0, 0.05) is 48.5 Å². The Hall–Kier alpha value is -5.13. The van der Waals surface area contributed by atoms with Crippen LogP contribution in [0.4, 0.5) is 4.79 Å². The number of likely N-dealkylation sites (tertiary alicyclic amines) is 1. The molecular formula is C40H49N5O7. The van der Waals surface area contributed by atoms with Gasteiger partial charge in [0.1, 0.15) is 35.2 Å². The van der Waals surface area contributed by atoms with Crippen LogP contribution in [0.1, 0.15) is 58.8 Å². The maximum atomic E-state index is 14.2. The van der Waals surface area contributed by atoms with Gasteiger partial charge in [-0.3, -0.25) is 9.59 Å². The van der Waals surface area contributed by atoms with Gasteiger partial charge in [0.15, 0.2) is 0 Å². The van der Waals surface area contributed by atoms with Crippen molar-refractivity contribution in [3.63, 3.8) is 0 Å². The van der Waals surface area contributed by atoms with E-state index in [1.807, 2.05) is 68.4 Å². The molecule has 52 heavy (non-hydrogen) atoms. The number of pyridine rings is 1. The molecular weight excluding hydrogens is 662 g/mol. The smallest absolute Gasteiger partial charge is 0.330 e. The van der Waals surface area contributed by atoms with Crippen LogP contribution in [0.25, 0.3) is 22.2 Å². The summed E-state index contributed by atoms with van der Waals surface area (Å²) in [6.07, 6.45) is 6.30. The van der Waals surface area contributed by atoms with Gasteiger partial charge in [0.25, 0.3) is 0 Å². The number of rotatable bonds is 12. The SMILES string of the molecule is C=C[C@@H]1C[C@]1(NC(=O)[C@@H]1C[C@@H](Oc2cc(-c3ccccc3)nc3cc(OC)ccc23)CN1C(=O)NC(C(=O)N(C)C1CCCCC1)C(C)C)C(=O)O. The number of carbonyl (C=O) groups is 4. The second-order valence-corrected chi connectivity index (χ2v) is 14.6. The predicted octanol–water partition coefficient (Wildman–Crippen LogP) is 5.40. The summed E-state index contributed by atoms with van der Waals surface area (Å²) in [5.41, 5.74) is 0.714. The van der Waals surface area contributed by atoms with Crippen LogP contribution in [-0.2, 0) is 14.4 Å². The van der Waals surface area contributed by atoms with E-state index in [4.69, 9.17) is 14.5 Å². The number of aliphatic carboxylic acids is 1. The molecule has 2 saturated carbocycles. The first kappa shape index (κ1) is 36.7. The Morgan fingerprint density at radius 1 is 1.08 bits per heavy atom. The van der Waals surface area contributed by atoms with E-state index in [1.165, 1.54) is 11.0 Å². The van der Waals surface area contributed by atoms with Gasteiger partial charge in [-0.15, -0.1) is 6.58 Å². The lowest BCUT2D eigenvalue weighted by Crippen LogP contribution is -2.58. The number of hydrogen-bond donors (Lipinski definition) is 3. The molecule has 6 rings (SSSR count). The number of hydrogen-bond acceptors (Lipinski definition) is 7. The molecule has 276 valence electrons. The number of nitrogens with one attached hydrogen (secondary N) is 2. The topological polar surface area (TPSA) is 150 Å². The number of ether oxygens (including phenoxy) is 2. The third kappa shape index (κ3) is 7.42. The molecule has 4 amide bonds. The van der Waals surface area contributed by atoms with Crippen LogP contribution in [0, 0.1) is 11.8 Å². The van der Waals surface area contributed by atoms with Crippen LogP contribution in [0.15, 0.2) is 67.3 Å². The van der Waals surface area contributed by atoms with Gasteiger partial charge in [-0.05, 0) is 37.3 Å². The van der Waals surface area contributed by atoms with Crippen molar-refractivity contribution in [3.05, 3.63) is 67.3 Å². The minimum absolute atomic E-state index is 0.0208. The molecule has 3 N–H and O–H groups in total. The molecule has 2 aromatic carbocycles. The maximum absolute atomic E-state index is 14.2. The third-order valence-electron chi connectivity index (χ3n) is 10.9. The number of carboxylic acid groups (broad SMARTS) is 1. The second-order valence-electron chi connectivity index (χ2n) is 14.6. The second kappa shape index (κ2) is 15.2. The fourth-order valence-electron chi connectivity index (χ4n) is 7.61. The molecule has 3 aliphatic rings. The van der Waals surface area contributed by atoms with E-state index in [0.29, 0.717) is 22.7 Å². The normalized spacial score (nSPS) is 23.5. The number of amides is 4. The summed E-state index contributed by atoms with van der Waals surface area (Å²) >= 11 is 0. The number of aromatic nitrogens is 1. The van der Waals surface area contributed by atoms with E-state index < -0.39 is 47.6 Å². The fourth-order valence-corrected chi connectivity index (χ4v) is 7.61. The van der Waals surface area contributed by atoms with Crippen LogP contribution in [-0.4, -0.2) is 94.2 Å². The molecule has 1 aliphatic heterocycles. The van der Waals surface area contributed by atoms with Crippen LogP contribution in [0.3, 0.4) is 0 Å². The lowest BCUT2D eigenvalue weighted by atomic mass is 9.93. The Balaban J connectivity index is 1.29. The lowest BCUT2D eigenvalue weighted by Gasteiger charge is -2.36. The summed E-state index contributed by atoms with van der Waals surface area (Å²) in [7, 11) is 3.38. The molecule has 2 heterocycles. The lowest BCUT2D eigenvalue weighted by molar-refractivity contribution is -0.144. The van der Waals surface area contributed by atoms with Gasteiger partial charge in [-0.25, -0.2) is 14.6 Å². The molecule has 3 aromatic rings. The molecule has 12 nitrogen and oxygen atoms in total. The molecule has 2 aliphatic carbocycles. The van der Waals surface area contributed by atoms with Crippen molar-refractivity contribution in [3.8, 4) is 22.8 Å². The van der Waals surface area contributed by atoms with E-state index >= 15 is 0 Å². The number of likely N-dealkylation sites (N-methyl/N-ethyl adjacent to an activating group) is 1. The molecule has 5 atom stereocenters. The van der Waals surface area contributed by atoms with Gasteiger partial charge < -0.3 is 35.0 Å². The van der Waals surface area contributed by atoms with E-state index in [9.17, 15) is 24.3 Å². The van der Waals surface area contributed by atoms with Crippen molar-refractivity contribution < 1.29 is 33.8 Å². The summed E-state index contributed by atoms with van der Waals surface area (Å²) in [5.74, 6) is -1.45. The summed E-state index contributed by atoms with van der Waals surface area (Å²) in [6, 6.07) is 14.6. The van der Waals surface area contributed by atoms with E-state index in [2.05, 4.69) is 17.2 Å². The number of methoxy groups -OCH3 is 1. The largest absolute Gasteiger partial charge is 0.497 e. The molecule has 0 bridgehead atoms. The Bertz CT molecular complexity index is 1830. The van der Waals surface area contributed by atoms with Crippen LogP contribution in [0.5, 0.6) is 11.5 Å². The Kier molecular flexibility index (Phi) is 10.7. The molecule has 0 radical (unpaired) electrons. The molecule has 3 fully saturated rings. The Morgan fingerprint density at radius 3 is 2.44 bits per heavy atom. The molecule has 1 aromatic heterocycles. The number of carbonyl (C=O) groups excluding carboxylic acids is 3. The highest BCUT2D eigenvalue weighted by Gasteiger charge is 2.61. The fraction of sp³-hybridized carbons (Fsp3) is 0.475. The summed E-state index contributed by atoms with van der Waals surface area (Å²) in [5, 5.41) is 16.4. The van der Waals surface area contributed by atoms with Crippen molar-refractivity contribution in [2.75, 3.05) is 20.7 Å². The predicted molar refractivity (Wildman–Crippen MR) is 197 cm³/mol. The van der Waals surface area contributed by atoms with Gasteiger partial charge in [-0.2, -0.15) is 0 Å². The molecule has 0 spiro atoms. The van der Waals surface area contributed by atoms with Crippen molar-refractivity contribution in [1.29, 1.82) is 0 Å². The van der Waals surface area contributed by atoms with Crippen molar-refractivity contribution in [1.82, 2.24) is 25.4 Å². The third-order valence-corrected chi connectivity index (χ3v) is 10.9. The van der Waals surface area contributed by atoms with E-state index in [-0.39, 0.29) is 37.3 Å². The molecule has 1 unspecified atom stereocenters. The zero-order valence-electron chi connectivity index (χ0n) is 30.3. The minimum Gasteiger partial charge on any atom is -0.497 e. The number of carboxylic acids is 1. The van der Waals surface area contributed by atoms with Crippen molar-refractivity contribution in [2.24, 2.45) is 11.8 Å². The minimum atomic E-state index is -1.48. The van der Waals surface area contributed by atoms with Crippen molar-refractivity contribution >= 4 is 34.7 Å². The van der Waals surface area contributed by atoms with Gasteiger partial charge in [0.2, 0.25) is 11.8 Å². The van der Waals surface area contributed by atoms with Crippen molar-refractivity contribution in [2.45, 2.75) is 88.6 Å². The highest BCUT2D eigenvalue weighted by molar-refractivity contribution is 5.95. The first-order chi connectivity index (χ1) is 24.9. The first-order valence-electron chi connectivity index (χ1n) is 18.2. The highest BCUT2D eigenvalue weighted by Crippen LogP contribution is 2.45. The first-order valence-corrected chi connectivity index (χ1v) is 18.2. The Morgan fingerprint density at radius 2 is 1.81 bits per heavy atom. The molecule has 1 saturated heterocycles. The average Bonchev–Trinajstić information content (AvgIpc) is 3.72. The van der Waals surface area contributed by atoms with Crippen LogP contribution < -0.4 is 20.1 Å². The zero-order valence-corrected chi connectivity index (χ0v) is 30.3. The van der Waals surface area contributed by atoms with E-state index in [1.54, 1.807) is 19.1 Å². The number of benzene rings is 2. The summed E-state index contributed by atoms with van der Waals surface area (Å²) < 4.78 is 12.1. The van der Waals surface area contributed by atoms with Gasteiger partial charge in [-0.1, -0.05) is 69.5 Å². The zero-order chi connectivity index (χ0) is 37.2. The van der Waals surface area contributed by atoms with Crippen LogP contribution >= 0.6 is 0 Å². The van der Waals surface area contributed by atoms with Gasteiger partial charge in [0.05, 0.1) is 24.9 Å².